The Labute approximate surface area is 113 Å². The first kappa shape index (κ1) is 12.4. The van der Waals surface area contributed by atoms with Gasteiger partial charge in [0.1, 0.15) is 0 Å². The molecule has 1 fully saturated rings. The van der Waals surface area contributed by atoms with Gasteiger partial charge in [-0.1, -0.05) is 0 Å². The summed E-state index contributed by atoms with van der Waals surface area (Å²) in [5.74, 6) is 0. The molecule has 1 aliphatic heterocycles. The molecule has 3 rings (SSSR count). The highest BCUT2D eigenvalue weighted by atomic mass is 15.1. The number of nitrogens with zero attached hydrogens (tertiary/aromatic N) is 4. The third kappa shape index (κ3) is 3.04. The first-order valence-electron chi connectivity index (χ1n) is 7.12. The third-order valence-electron chi connectivity index (χ3n) is 3.79. The molecule has 1 aliphatic rings. The molecule has 2 aromatic rings. The minimum absolute atomic E-state index is 0.510. The van der Waals surface area contributed by atoms with E-state index in [1.165, 1.54) is 31.4 Å². The zero-order valence-electron chi connectivity index (χ0n) is 11.2. The van der Waals surface area contributed by atoms with E-state index in [0.29, 0.717) is 6.04 Å². The first-order chi connectivity index (χ1) is 9.43. The number of rotatable bonds is 6. The Morgan fingerprint density at radius 3 is 2.95 bits per heavy atom. The van der Waals surface area contributed by atoms with Crippen LogP contribution in [0.3, 0.4) is 0 Å². The fourth-order valence-corrected chi connectivity index (χ4v) is 2.74. The van der Waals surface area contributed by atoms with Crippen LogP contribution in [-0.2, 0) is 13.1 Å². The number of imidazole rings is 2. The van der Waals surface area contributed by atoms with E-state index in [1.807, 2.05) is 31.2 Å². The largest absolute Gasteiger partial charge is 0.337 e. The van der Waals surface area contributed by atoms with Crippen LogP contribution in [0, 0.1) is 0 Å². The van der Waals surface area contributed by atoms with E-state index >= 15 is 0 Å². The summed E-state index contributed by atoms with van der Waals surface area (Å²) in [6.07, 6.45) is 14.6. The van der Waals surface area contributed by atoms with Gasteiger partial charge in [-0.25, -0.2) is 9.97 Å². The van der Waals surface area contributed by atoms with Gasteiger partial charge in [0.05, 0.1) is 18.3 Å². The second-order valence-corrected chi connectivity index (χ2v) is 5.17. The highest BCUT2D eigenvalue weighted by Crippen LogP contribution is 2.22. The lowest BCUT2D eigenvalue weighted by molar-refractivity contribution is 0.516. The van der Waals surface area contributed by atoms with Crippen LogP contribution in [0.1, 0.15) is 37.4 Å². The number of aryl methyl sites for hydroxylation is 2. The maximum Gasteiger partial charge on any atom is 0.0948 e. The quantitative estimate of drug-likeness (QED) is 0.807. The van der Waals surface area contributed by atoms with E-state index in [0.717, 1.165) is 19.6 Å². The lowest BCUT2D eigenvalue weighted by Gasteiger charge is -2.13. The molecule has 0 aromatic carbocycles. The second kappa shape index (κ2) is 6.02. The zero-order chi connectivity index (χ0) is 12.9. The Balaban J connectivity index is 1.48. The molecule has 0 bridgehead atoms. The van der Waals surface area contributed by atoms with Gasteiger partial charge in [-0.3, -0.25) is 0 Å². The molecule has 19 heavy (non-hydrogen) atoms. The zero-order valence-corrected chi connectivity index (χ0v) is 11.2. The Hall–Kier alpha value is -1.62. The van der Waals surface area contributed by atoms with Gasteiger partial charge < -0.3 is 14.5 Å². The molecule has 1 unspecified atom stereocenters. The van der Waals surface area contributed by atoms with Crippen LogP contribution in [-0.4, -0.2) is 25.6 Å². The fraction of sp³-hybridized carbons (Fsp3) is 0.571. The summed E-state index contributed by atoms with van der Waals surface area (Å²) in [6, 6.07) is 0.510. The fourth-order valence-electron chi connectivity index (χ4n) is 2.74. The Bertz CT molecular complexity index is 482. The minimum Gasteiger partial charge on any atom is -0.337 e. The molecule has 2 aromatic heterocycles. The first-order valence-corrected chi connectivity index (χ1v) is 7.12. The van der Waals surface area contributed by atoms with Crippen molar-refractivity contribution in [3.63, 3.8) is 0 Å². The number of hydrogen-bond donors (Lipinski definition) is 1. The highest BCUT2D eigenvalue weighted by molar-refractivity contribution is 5.07. The molecule has 5 heteroatoms. The topological polar surface area (TPSA) is 47.7 Å². The predicted molar refractivity (Wildman–Crippen MR) is 73.7 cm³/mol. The van der Waals surface area contributed by atoms with Crippen molar-refractivity contribution in [1.29, 1.82) is 0 Å². The van der Waals surface area contributed by atoms with Crippen LogP contribution < -0.4 is 5.32 Å². The van der Waals surface area contributed by atoms with Crippen LogP contribution in [0.15, 0.2) is 31.2 Å². The van der Waals surface area contributed by atoms with Crippen molar-refractivity contribution in [1.82, 2.24) is 24.4 Å². The molecule has 1 N–H and O–H groups in total. The van der Waals surface area contributed by atoms with Gasteiger partial charge in [-0.2, -0.15) is 0 Å². The van der Waals surface area contributed by atoms with Gasteiger partial charge in [0.2, 0.25) is 0 Å². The summed E-state index contributed by atoms with van der Waals surface area (Å²) in [5, 5.41) is 3.54. The van der Waals surface area contributed by atoms with E-state index < -0.39 is 0 Å². The summed E-state index contributed by atoms with van der Waals surface area (Å²) in [6.45, 7) is 3.24. The second-order valence-electron chi connectivity index (χ2n) is 5.17. The summed E-state index contributed by atoms with van der Waals surface area (Å²) >= 11 is 0. The van der Waals surface area contributed by atoms with Crippen LogP contribution in [0.4, 0.5) is 0 Å². The smallest absolute Gasteiger partial charge is 0.0948 e. The average Bonchev–Trinajstić information content (AvgIpc) is 3.15. The van der Waals surface area contributed by atoms with Crippen molar-refractivity contribution in [2.24, 2.45) is 0 Å². The van der Waals surface area contributed by atoms with Crippen LogP contribution >= 0.6 is 0 Å². The van der Waals surface area contributed by atoms with Gasteiger partial charge in [-0.05, 0) is 32.2 Å². The van der Waals surface area contributed by atoms with Crippen LogP contribution in [0.2, 0.25) is 0 Å². The monoisotopic (exact) mass is 259 g/mol. The van der Waals surface area contributed by atoms with Crippen molar-refractivity contribution in [2.45, 2.75) is 44.8 Å². The lowest BCUT2D eigenvalue weighted by Crippen LogP contribution is -2.17. The average molecular weight is 259 g/mol. The molecule has 0 radical (unpaired) electrons. The summed E-state index contributed by atoms with van der Waals surface area (Å²) in [4.78, 5) is 8.36. The Kier molecular flexibility index (Phi) is 3.93. The molecule has 5 nitrogen and oxygen atoms in total. The van der Waals surface area contributed by atoms with Crippen molar-refractivity contribution >= 4 is 0 Å². The maximum absolute atomic E-state index is 4.30. The molecule has 0 spiro atoms. The summed E-state index contributed by atoms with van der Waals surface area (Å²) < 4.78 is 4.43. The molecule has 0 amide bonds. The highest BCUT2D eigenvalue weighted by Gasteiger charge is 2.19. The van der Waals surface area contributed by atoms with Gasteiger partial charge in [-0.15, -0.1) is 0 Å². The minimum atomic E-state index is 0.510. The van der Waals surface area contributed by atoms with Crippen molar-refractivity contribution < 1.29 is 0 Å². The molecular formula is C14H21N5. The Morgan fingerprint density at radius 1 is 1.21 bits per heavy atom. The standard InChI is InChI=1S/C14H21N5/c1(7-18-9-6-15-11-18)2-8-19-12-16-10-14(19)13-4-3-5-17-13/h6,9-13,17H,1-5,7-8H2. The van der Waals surface area contributed by atoms with E-state index in [2.05, 4.69) is 24.4 Å². The molecule has 0 aliphatic carbocycles. The van der Waals surface area contributed by atoms with E-state index in [1.54, 1.807) is 0 Å². The number of nitrogens with one attached hydrogen (secondary N) is 1. The molecular weight excluding hydrogens is 238 g/mol. The molecule has 0 saturated carbocycles. The lowest BCUT2D eigenvalue weighted by atomic mass is 10.1. The third-order valence-corrected chi connectivity index (χ3v) is 3.79. The molecule has 3 heterocycles. The van der Waals surface area contributed by atoms with Gasteiger partial charge in [0.25, 0.3) is 0 Å². The van der Waals surface area contributed by atoms with Crippen LogP contribution in [0.5, 0.6) is 0 Å². The van der Waals surface area contributed by atoms with Crippen LogP contribution in [0.25, 0.3) is 0 Å². The van der Waals surface area contributed by atoms with Crippen molar-refractivity contribution in [2.75, 3.05) is 6.54 Å². The van der Waals surface area contributed by atoms with Gasteiger partial charge in [0.15, 0.2) is 0 Å². The number of hydrogen-bond acceptors (Lipinski definition) is 3. The maximum atomic E-state index is 4.30. The van der Waals surface area contributed by atoms with Crippen molar-refractivity contribution in [3.05, 3.63) is 36.9 Å². The summed E-state index contributed by atoms with van der Waals surface area (Å²) in [5.41, 5.74) is 1.35. The van der Waals surface area contributed by atoms with Gasteiger partial charge >= 0.3 is 0 Å². The van der Waals surface area contributed by atoms with Crippen molar-refractivity contribution in [3.8, 4) is 0 Å². The van der Waals surface area contributed by atoms with E-state index in [-0.39, 0.29) is 0 Å². The SMILES string of the molecule is c1cn(CCCCn2cncc2C2CCCN2)cn1. The molecule has 1 atom stereocenters. The van der Waals surface area contributed by atoms with E-state index in [4.69, 9.17) is 0 Å². The normalized spacial score (nSPS) is 19.1. The van der Waals surface area contributed by atoms with Gasteiger partial charge in [0, 0.05) is 37.7 Å². The Morgan fingerprint density at radius 2 is 2.16 bits per heavy atom. The summed E-state index contributed by atoms with van der Waals surface area (Å²) in [7, 11) is 0. The molecule has 102 valence electrons. The van der Waals surface area contributed by atoms with E-state index in [9.17, 15) is 0 Å². The number of unbranched alkanes of at least 4 members (excludes halogenated alkanes) is 1. The predicted octanol–water partition coefficient (Wildman–Crippen LogP) is 1.98. The number of aromatic nitrogens is 4. The molecule has 1 saturated heterocycles.